The molecule has 0 fully saturated rings. The third-order valence-electron chi connectivity index (χ3n) is 7.65. The minimum absolute atomic E-state index is 0.0934. The smallest absolute Gasteiger partial charge is 0.263 e. The average molecular weight is 512 g/mol. The molecule has 5 aromatic rings. The van der Waals surface area contributed by atoms with E-state index in [1.807, 2.05) is 65.2 Å². The summed E-state index contributed by atoms with van der Waals surface area (Å²) in [5, 5.41) is 4.59. The highest BCUT2D eigenvalue weighted by Crippen LogP contribution is 2.38. The molecule has 0 radical (unpaired) electrons. The quantitative estimate of drug-likeness (QED) is 0.179. The van der Waals surface area contributed by atoms with E-state index < -0.39 is 8.32 Å². The van der Waals surface area contributed by atoms with Gasteiger partial charge in [-0.15, -0.1) is 0 Å². The van der Waals surface area contributed by atoms with Crippen LogP contribution in [-0.2, 0) is 0 Å². The molecule has 0 spiro atoms. The Morgan fingerprint density at radius 1 is 0.676 bits per heavy atom. The predicted octanol–water partition coefficient (Wildman–Crippen LogP) is 7.70. The first-order valence-corrected chi connectivity index (χ1v) is 15.4. The molecule has 6 heteroatoms. The lowest BCUT2D eigenvalue weighted by atomic mass is 10.00. The van der Waals surface area contributed by atoms with Crippen molar-refractivity contribution in [3.05, 3.63) is 83.2 Å². The molecule has 0 aliphatic carbocycles. The van der Waals surface area contributed by atoms with Crippen molar-refractivity contribution in [3.63, 3.8) is 0 Å². The molecule has 5 rings (SSSR count). The van der Waals surface area contributed by atoms with Crippen molar-refractivity contribution in [3.8, 4) is 22.9 Å². The van der Waals surface area contributed by atoms with Gasteiger partial charge in [-0.1, -0.05) is 32.9 Å². The summed E-state index contributed by atoms with van der Waals surface area (Å²) in [5.74, 6) is 2.25. The number of fused-ring (bicyclic) bond motifs is 5. The van der Waals surface area contributed by atoms with Gasteiger partial charge in [0, 0.05) is 16.5 Å². The van der Waals surface area contributed by atoms with Gasteiger partial charge in [0.2, 0.25) is 8.32 Å². The van der Waals surface area contributed by atoms with E-state index in [1.165, 1.54) is 0 Å². The molecular formula is C31H33NO4Si. The molecule has 1 aromatic heterocycles. The monoisotopic (exact) mass is 511 g/mol. The van der Waals surface area contributed by atoms with Gasteiger partial charge in [0.15, 0.2) is 0 Å². The fraction of sp³-hybridized carbons (Fsp3) is 0.258. The molecule has 190 valence electrons. The lowest BCUT2D eigenvalue weighted by Gasteiger charge is -2.36. The zero-order chi connectivity index (χ0) is 26.5. The van der Waals surface area contributed by atoms with Gasteiger partial charge >= 0.3 is 0 Å². The number of ether oxygens (including phenoxy) is 2. The number of hydrogen-bond acceptors (Lipinski definition) is 4. The maximum atomic E-state index is 14.1. The molecule has 37 heavy (non-hydrogen) atoms. The highest BCUT2D eigenvalue weighted by atomic mass is 28.4. The van der Waals surface area contributed by atoms with Gasteiger partial charge in [-0.2, -0.15) is 0 Å². The molecule has 1 heterocycles. The second-order valence-electron chi connectivity index (χ2n) is 11.0. The zero-order valence-electron chi connectivity index (χ0n) is 22.5. The lowest BCUT2D eigenvalue weighted by Crippen LogP contribution is -2.43. The van der Waals surface area contributed by atoms with Crippen molar-refractivity contribution < 1.29 is 13.9 Å². The fourth-order valence-electron chi connectivity index (χ4n) is 4.52. The molecule has 5 nitrogen and oxygen atoms in total. The van der Waals surface area contributed by atoms with E-state index in [4.69, 9.17) is 13.9 Å². The van der Waals surface area contributed by atoms with E-state index in [0.29, 0.717) is 11.1 Å². The third-order valence-corrected chi connectivity index (χ3v) is 12.0. The van der Waals surface area contributed by atoms with Crippen molar-refractivity contribution in [2.45, 2.75) is 38.9 Å². The van der Waals surface area contributed by atoms with Gasteiger partial charge in [-0.05, 0) is 89.6 Å². The van der Waals surface area contributed by atoms with Gasteiger partial charge < -0.3 is 13.9 Å². The van der Waals surface area contributed by atoms with Crippen LogP contribution < -0.4 is 19.5 Å². The Hall–Kier alpha value is -3.77. The SMILES string of the molecule is COc1ccc2c(ccc3c4ccc(OC)cc4c(=O)n(-c4ccc(O[Si](C)(C)C(C)(C)C)cc4)c23)c1. The summed E-state index contributed by atoms with van der Waals surface area (Å²) in [5.41, 5.74) is 1.55. The van der Waals surface area contributed by atoms with E-state index in [2.05, 4.69) is 46.0 Å². The van der Waals surface area contributed by atoms with Crippen LogP contribution in [-0.4, -0.2) is 27.1 Å². The molecule has 0 aliphatic heterocycles. The Kier molecular flexibility index (Phi) is 6.03. The van der Waals surface area contributed by atoms with Crippen molar-refractivity contribution >= 4 is 40.8 Å². The standard InChI is InChI=1S/C31H33NO4Si/c1-31(2,3)37(6,7)36-22-11-9-21(10-12-22)32-29-25-16-13-23(34-4)18-20(25)8-15-27(29)26-17-14-24(35-5)19-28(26)30(32)33/h8-19H,1-7H3. The number of hydrogen-bond donors (Lipinski definition) is 0. The van der Waals surface area contributed by atoms with Crippen molar-refractivity contribution in [2.24, 2.45) is 0 Å². The van der Waals surface area contributed by atoms with Crippen LogP contribution in [0.2, 0.25) is 18.1 Å². The summed E-state index contributed by atoms with van der Waals surface area (Å²) in [7, 11) is 1.29. The first-order chi connectivity index (χ1) is 17.5. The number of methoxy groups -OCH3 is 2. The summed E-state index contributed by atoms with van der Waals surface area (Å²) in [6.07, 6.45) is 0. The van der Waals surface area contributed by atoms with E-state index >= 15 is 0 Å². The summed E-state index contributed by atoms with van der Waals surface area (Å²) < 4.78 is 19.2. The summed E-state index contributed by atoms with van der Waals surface area (Å²) in [4.78, 5) is 14.1. The highest BCUT2D eigenvalue weighted by molar-refractivity contribution is 6.74. The largest absolute Gasteiger partial charge is 0.544 e. The number of aromatic nitrogens is 1. The van der Waals surface area contributed by atoms with Crippen LogP contribution in [0.4, 0.5) is 0 Å². The van der Waals surface area contributed by atoms with E-state index in [-0.39, 0.29) is 10.6 Å². The number of rotatable bonds is 5. The van der Waals surface area contributed by atoms with Crippen molar-refractivity contribution in [1.29, 1.82) is 0 Å². The minimum atomic E-state index is -1.98. The number of nitrogens with zero attached hydrogens (tertiary/aromatic N) is 1. The van der Waals surface area contributed by atoms with Crippen LogP contribution in [0.5, 0.6) is 17.2 Å². The molecule has 0 saturated carbocycles. The third kappa shape index (κ3) is 4.25. The van der Waals surface area contributed by atoms with Gasteiger partial charge in [0.1, 0.15) is 17.2 Å². The van der Waals surface area contributed by atoms with Crippen LogP contribution >= 0.6 is 0 Å². The number of pyridine rings is 1. The van der Waals surface area contributed by atoms with Gasteiger partial charge in [0.25, 0.3) is 5.56 Å². The van der Waals surface area contributed by atoms with Crippen LogP contribution in [0, 0.1) is 0 Å². The fourth-order valence-corrected chi connectivity index (χ4v) is 5.55. The lowest BCUT2D eigenvalue weighted by molar-refractivity contribution is 0.415. The molecule has 0 unspecified atom stereocenters. The summed E-state index contributed by atoms with van der Waals surface area (Å²) >= 11 is 0. The second-order valence-corrected chi connectivity index (χ2v) is 15.7. The summed E-state index contributed by atoms with van der Waals surface area (Å²) in [6, 6.07) is 23.7. The van der Waals surface area contributed by atoms with E-state index in [9.17, 15) is 4.79 Å². The molecule has 0 amide bonds. The molecule has 0 atom stereocenters. The zero-order valence-corrected chi connectivity index (χ0v) is 23.5. The molecule has 4 aromatic carbocycles. The van der Waals surface area contributed by atoms with Crippen molar-refractivity contribution in [1.82, 2.24) is 4.57 Å². The molecule has 0 saturated heterocycles. The van der Waals surface area contributed by atoms with Crippen LogP contribution in [0.25, 0.3) is 38.1 Å². The maximum absolute atomic E-state index is 14.1. The summed E-state index contributed by atoms with van der Waals surface area (Å²) in [6.45, 7) is 11.1. The van der Waals surface area contributed by atoms with Gasteiger partial charge in [0.05, 0.1) is 25.1 Å². The van der Waals surface area contributed by atoms with E-state index in [0.717, 1.165) is 44.2 Å². The van der Waals surface area contributed by atoms with Gasteiger partial charge in [-0.25, -0.2) is 0 Å². The molecule has 0 N–H and O–H groups in total. The topological polar surface area (TPSA) is 49.7 Å². The van der Waals surface area contributed by atoms with Crippen LogP contribution in [0.1, 0.15) is 20.8 Å². The second kappa shape index (κ2) is 8.96. The Labute approximate surface area is 218 Å². The Balaban J connectivity index is 1.79. The minimum Gasteiger partial charge on any atom is -0.544 e. The normalized spacial score (nSPS) is 12.3. The average Bonchev–Trinajstić information content (AvgIpc) is 2.88. The first-order valence-electron chi connectivity index (χ1n) is 12.5. The van der Waals surface area contributed by atoms with Crippen LogP contribution in [0.15, 0.2) is 77.6 Å². The predicted molar refractivity (Wildman–Crippen MR) is 155 cm³/mol. The molecule has 0 aliphatic rings. The maximum Gasteiger partial charge on any atom is 0.263 e. The Morgan fingerprint density at radius 2 is 1.24 bits per heavy atom. The first kappa shape index (κ1) is 24.9. The van der Waals surface area contributed by atoms with Crippen LogP contribution in [0.3, 0.4) is 0 Å². The molecule has 0 bridgehead atoms. The Bertz CT molecular complexity index is 1700. The number of benzene rings is 4. The Morgan fingerprint density at radius 3 is 1.86 bits per heavy atom. The highest BCUT2D eigenvalue weighted by Gasteiger charge is 2.38. The van der Waals surface area contributed by atoms with E-state index in [1.54, 1.807) is 14.2 Å². The van der Waals surface area contributed by atoms with Crippen molar-refractivity contribution in [2.75, 3.05) is 14.2 Å². The van der Waals surface area contributed by atoms with Gasteiger partial charge in [-0.3, -0.25) is 9.36 Å². The molecular weight excluding hydrogens is 478 g/mol.